The Labute approximate surface area is 193 Å². The zero-order chi connectivity index (χ0) is 23.6. The number of hydrogen-bond acceptors (Lipinski definition) is 6. The van der Waals surface area contributed by atoms with E-state index in [0.29, 0.717) is 17.7 Å². The fraction of sp³-hybridized carbons (Fsp3) is 0.200. The Kier molecular flexibility index (Phi) is 6.31. The average Bonchev–Trinajstić information content (AvgIpc) is 2.83. The van der Waals surface area contributed by atoms with E-state index in [1.165, 1.54) is 4.68 Å². The third kappa shape index (κ3) is 4.53. The first kappa shape index (κ1) is 22.7. The number of likely N-dealkylation sites (N-methyl/N-ethyl adjacent to an activating group) is 1. The maximum absolute atomic E-state index is 12.9. The van der Waals surface area contributed by atoms with Gasteiger partial charge in [0.2, 0.25) is 9.84 Å². The van der Waals surface area contributed by atoms with E-state index in [4.69, 9.17) is 0 Å². The van der Waals surface area contributed by atoms with Gasteiger partial charge in [0.25, 0.3) is 5.56 Å². The fourth-order valence-electron chi connectivity index (χ4n) is 3.83. The molecule has 0 aliphatic carbocycles. The standard InChI is InChI=1S/C25H26N4O3S/c1-28(2)23(17-26-24-21-11-7-8-12-22(21)25(30)29(3)27-24)18-13-15-20(16-14-18)33(31,32)19-9-5-4-6-10-19/h4-16,23H,17H2,1-3H3,(H,26,27). The van der Waals surface area contributed by atoms with Crippen LogP contribution in [0, 0.1) is 0 Å². The molecule has 1 unspecified atom stereocenters. The van der Waals surface area contributed by atoms with Gasteiger partial charge in [-0.15, -0.1) is 0 Å². The molecule has 0 saturated carbocycles. The summed E-state index contributed by atoms with van der Waals surface area (Å²) in [5, 5.41) is 9.15. The summed E-state index contributed by atoms with van der Waals surface area (Å²) >= 11 is 0. The largest absolute Gasteiger partial charge is 0.366 e. The number of fused-ring (bicyclic) bond motifs is 1. The molecule has 3 aromatic carbocycles. The number of benzene rings is 3. The molecule has 0 spiro atoms. The molecule has 0 radical (unpaired) electrons. The number of sulfone groups is 1. The van der Waals surface area contributed by atoms with Crippen molar-refractivity contribution >= 4 is 26.4 Å². The molecular formula is C25H26N4O3S. The quantitative estimate of drug-likeness (QED) is 0.453. The number of hydrogen-bond donors (Lipinski definition) is 1. The SMILES string of the molecule is CN(C)C(CNc1nn(C)c(=O)c2ccccc12)c1ccc(S(=O)(=O)c2ccccc2)cc1. The second kappa shape index (κ2) is 9.17. The normalized spacial score (nSPS) is 12.7. The van der Waals surface area contributed by atoms with E-state index in [2.05, 4.69) is 15.3 Å². The van der Waals surface area contributed by atoms with Crippen molar-refractivity contribution in [2.24, 2.45) is 7.05 Å². The molecule has 0 bridgehead atoms. The van der Waals surface area contributed by atoms with Crippen molar-refractivity contribution < 1.29 is 8.42 Å². The molecule has 7 nitrogen and oxygen atoms in total. The Balaban J connectivity index is 1.60. The molecule has 0 aliphatic rings. The molecule has 0 saturated heterocycles. The lowest BCUT2D eigenvalue weighted by Crippen LogP contribution is -2.28. The summed E-state index contributed by atoms with van der Waals surface area (Å²) in [6, 6.07) is 22.7. The van der Waals surface area contributed by atoms with Crippen LogP contribution in [-0.4, -0.2) is 43.7 Å². The van der Waals surface area contributed by atoms with Gasteiger partial charge in [-0.05, 0) is 50.0 Å². The topological polar surface area (TPSA) is 84.3 Å². The first-order chi connectivity index (χ1) is 15.8. The zero-order valence-corrected chi connectivity index (χ0v) is 19.6. The maximum Gasteiger partial charge on any atom is 0.274 e. The number of rotatable bonds is 7. The van der Waals surface area contributed by atoms with Gasteiger partial charge < -0.3 is 10.2 Å². The van der Waals surface area contributed by atoms with Crippen molar-refractivity contribution in [1.82, 2.24) is 14.7 Å². The van der Waals surface area contributed by atoms with Gasteiger partial charge in [0.1, 0.15) is 0 Å². The number of nitrogens with zero attached hydrogens (tertiary/aromatic N) is 3. The van der Waals surface area contributed by atoms with E-state index >= 15 is 0 Å². The van der Waals surface area contributed by atoms with E-state index < -0.39 is 9.84 Å². The van der Waals surface area contributed by atoms with E-state index in [1.807, 2.05) is 44.4 Å². The van der Waals surface area contributed by atoms with E-state index in [0.717, 1.165) is 10.9 Å². The molecule has 1 aromatic heterocycles. The summed E-state index contributed by atoms with van der Waals surface area (Å²) < 4.78 is 27.1. The van der Waals surface area contributed by atoms with Gasteiger partial charge in [-0.1, -0.05) is 48.5 Å². The Morgan fingerprint density at radius 2 is 1.45 bits per heavy atom. The highest BCUT2D eigenvalue weighted by molar-refractivity contribution is 7.91. The average molecular weight is 463 g/mol. The van der Waals surface area contributed by atoms with Crippen molar-refractivity contribution in [3.8, 4) is 0 Å². The minimum absolute atomic E-state index is 0.0451. The first-order valence-electron chi connectivity index (χ1n) is 10.6. The molecule has 1 heterocycles. The van der Waals surface area contributed by atoms with Crippen LogP contribution < -0.4 is 10.9 Å². The fourth-order valence-corrected chi connectivity index (χ4v) is 5.11. The van der Waals surface area contributed by atoms with Crippen molar-refractivity contribution in [2.75, 3.05) is 26.0 Å². The van der Waals surface area contributed by atoms with Crippen LogP contribution in [0.5, 0.6) is 0 Å². The van der Waals surface area contributed by atoms with Gasteiger partial charge in [0.15, 0.2) is 5.82 Å². The van der Waals surface area contributed by atoms with Crippen LogP contribution in [0.3, 0.4) is 0 Å². The van der Waals surface area contributed by atoms with Crippen LogP contribution in [0.15, 0.2) is 93.4 Å². The van der Waals surface area contributed by atoms with Crippen molar-refractivity contribution in [1.29, 1.82) is 0 Å². The molecular weight excluding hydrogens is 436 g/mol. The highest BCUT2D eigenvalue weighted by atomic mass is 32.2. The number of anilines is 1. The summed E-state index contributed by atoms with van der Waals surface area (Å²) in [7, 11) is 2.00. The predicted molar refractivity (Wildman–Crippen MR) is 130 cm³/mol. The summed E-state index contributed by atoms with van der Waals surface area (Å²) in [6.07, 6.45) is 0. The molecule has 4 aromatic rings. The maximum atomic E-state index is 12.9. The van der Waals surface area contributed by atoms with Gasteiger partial charge in [-0.3, -0.25) is 4.79 Å². The van der Waals surface area contributed by atoms with Gasteiger partial charge in [-0.2, -0.15) is 5.10 Å². The molecule has 170 valence electrons. The van der Waals surface area contributed by atoms with Gasteiger partial charge >= 0.3 is 0 Å². The van der Waals surface area contributed by atoms with Crippen LogP contribution in [0.25, 0.3) is 10.8 Å². The summed E-state index contributed by atoms with van der Waals surface area (Å²) in [6.45, 7) is 0.521. The summed E-state index contributed by atoms with van der Waals surface area (Å²) in [4.78, 5) is 15.0. The zero-order valence-electron chi connectivity index (χ0n) is 18.8. The summed E-state index contributed by atoms with van der Waals surface area (Å²) in [5.41, 5.74) is 0.823. The molecule has 0 amide bonds. The third-order valence-electron chi connectivity index (χ3n) is 5.67. The first-order valence-corrected chi connectivity index (χ1v) is 12.0. The van der Waals surface area contributed by atoms with Crippen LogP contribution in [0.1, 0.15) is 11.6 Å². The molecule has 0 fully saturated rings. The Hall–Kier alpha value is -3.49. The third-order valence-corrected chi connectivity index (χ3v) is 7.46. The van der Waals surface area contributed by atoms with Crippen molar-refractivity contribution in [2.45, 2.75) is 15.8 Å². The van der Waals surface area contributed by atoms with E-state index in [1.54, 1.807) is 55.6 Å². The molecule has 8 heteroatoms. The number of aromatic nitrogens is 2. The number of nitrogens with one attached hydrogen (secondary N) is 1. The Bertz CT molecular complexity index is 1430. The van der Waals surface area contributed by atoms with E-state index in [-0.39, 0.29) is 21.4 Å². The Morgan fingerprint density at radius 1 is 0.879 bits per heavy atom. The summed E-state index contributed by atoms with van der Waals surface area (Å²) in [5.74, 6) is 0.628. The molecule has 33 heavy (non-hydrogen) atoms. The lowest BCUT2D eigenvalue weighted by atomic mass is 10.1. The minimum atomic E-state index is -3.56. The van der Waals surface area contributed by atoms with Crippen LogP contribution in [-0.2, 0) is 16.9 Å². The van der Waals surface area contributed by atoms with Crippen LogP contribution in [0.4, 0.5) is 5.82 Å². The van der Waals surface area contributed by atoms with Crippen LogP contribution in [0.2, 0.25) is 0 Å². The van der Waals surface area contributed by atoms with Crippen LogP contribution >= 0.6 is 0 Å². The minimum Gasteiger partial charge on any atom is -0.366 e. The highest BCUT2D eigenvalue weighted by Gasteiger charge is 2.20. The number of aryl methyl sites for hydroxylation is 1. The predicted octanol–water partition coefficient (Wildman–Crippen LogP) is 3.48. The van der Waals surface area contributed by atoms with Crippen molar-refractivity contribution in [3.63, 3.8) is 0 Å². The highest BCUT2D eigenvalue weighted by Crippen LogP contribution is 2.25. The molecule has 1 atom stereocenters. The van der Waals surface area contributed by atoms with Gasteiger partial charge in [-0.25, -0.2) is 13.1 Å². The van der Waals surface area contributed by atoms with E-state index in [9.17, 15) is 13.2 Å². The second-order valence-electron chi connectivity index (χ2n) is 8.07. The monoisotopic (exact) mass is 462 g/mol. The molecule has 0 aliphatic heterocycles. The molecule has 4 rings (SSSR count). The van der Waals surface area contributed by atoms with Gasteiger partial charge in [0, 0.05) is 19.0 Å². The van der Waals surface area contributed by atoms with Crippen molar-refractivity contribution in [3.05, 3.63) is 94.8 Å². The smallest absolute Gasteiger partial charge is 0.274 e. The molecule has 1 N–H and O–H groups in total. The lowest BCUT2D eigenvalue weighted by Gasteiger charge is -2.26. The Morgan fingerprint density at radius 3 is 2.09 bits per heavy atom. The lowest BCUT2D eigenvalue weighted by molar-refractivity contribution is 0.311. The van der Waals surface area contributed by atoms with Gasteiger partial charge in [0.05, 0.1) is 21.2 Å². The second-order valence-corrected chi connectivity index (χ2v) is 10.0.